The Morgan fingerprint density at radius 1 is 1.60 bits per heavy atom. The Kier molecular flexibility index (Phi) is 2.81. The van der Waals surface area contributed by atoms with Crippen LogP contribution in [0.5, 0.6) is 0 Å². The first kappa shape index (κ1) is 10.3. The van der Waals surface area contributed by atoms with Crippen molar-refractivity contribution in [2.24, 2.45) is 5.73 Å². The Labute approximate surface area is 90.5 Å². The van der Waals surface area contributed by atoms with Crippen LogP contribution in [0, 0.1) is 0 Å². The van der Waals surface area contributed by atoms with Crippen LogP contribution in [0.3, 0.4) is 0 Å². The first-order chi connectivity index (χ1) is 7.18. The van der Waals surface area contributed by atoms with Gasteiger partial charge in [-0.3, -0.25) is 0 Å². The Morgan fingerprint density at radius 3 is 3.00 bits per heavy atom. The molecule has 0 aliphatic heterocycles. The molecule has 0 saturated heterocycles. The van der Waals surface area contributed by atoms with Crippen molar-refractivity contribution in [2.75, 3.05) is 0 Å². The summed E-state index contributed by atoms with van der Waals surface area (Å²) in [5, 5.41) is 16.9. The van der Waals surface area contributed by atoms with E-state index in [1.807, 2.05) is 16.8 Å². The number of aliphatic hydroxyl groups is 1. The zero-order valence-corrected chi connectivity index (χ0v) is 8.94. The van der Waals surface area contributed by atoms with Crippen LogP contribution in [0.1, 0.15) is 18.9 Å². The lowest BCUT2D eigenvalue weighted by atomic mass is 10.2. The molecule has 3 N–H and O–H groups in total. The summed E-state index contributed by atoms with van der Waals surface area (Å²) in [5.41, 5.74) is 6.56. The van der Waals surface area contributed by atoms with Crippen molar-refractivity contribution in [2.45, 2.75) is 19.1 Å². The van der Waals surface area contributed by atoms with Gasteiger partial charge in [0, 0.05) is 10.9 Å². The van der Waals surface area contributed by atoms with E-state index in [0.29, 0.717) is 5.82 Å². The molecule has 6 heteroatoms. The summed E-state index contributed by atoms with van der Waals surface area (Å²) >= 11 is 1.56. The minimum Gasteiger partial charge on any atom is -0.391 e. The van der Waals surface area contributed by atoms with Crippen LogP contribution >= 0.6 is 11.3 Å². The van der Waals surface area contributed by atoms with Crippen LogP contribution in [-0.4, -0.2) is 21.4 Å². The number of aliphatic hydroxyl groups excluding tert-OH is 1. The van der Waals surface area contributed by atoms with Crippen molar-refractivity contribution >= 4 is 11.3 Å². The molecule has 2 aromatic rings. The average molecular weight is 225 g/mol. The van der Waals surface area contributed by atoms with Gasteiger partial charge in [0.1, 0.15) is 6.04 Å². The van der Waals surface area contributed by atoms with Gasteiger partial charge in [-0.2, -0.15) is 16.3 Å². The molecule has 2 aromatic heterocycles. The molecule has 0 radical (unpaired) electrons. The molecule has 0 amide bonds. The van der Waals surface area contributed by atoms with E-state index in [0.717, 1.165) is 5.56 Å². The first-order valence-corrected chi connectivity index (χ1v) is 5.42. The third-order valence-electron chi connectivity index (χ3n) is 2.03. The lowest BCUT2D eigenvalue weighted by Crippen LogP contribution is -2.23. The Bertz CT molecular complexity index is 424. The summed E-state index contributed by atoms with van der Waals surface area (Å²) in [5.74, 6) is 0.758. The first-order valence-electron chi connectivity index (χ1n) is 4.48. The maximum atomic E-state index is 9.26. The number of nitrogens with two attached hydrogens (primary N) is 1. The second-order valence-corrected chi connectivity index (χ2v) is 4.01. The predicted octanol–water partition coefficient (Wildman–Crippen LogP) is 1.18. The van der Waals surface area contributed by atoms with Crippen molar-refractivity contribution in [3.05, 3.63) is 22.7 Å². The van der Waals surface area contributed by atoms with Gasteiger partial charge in [-0.1, -0.05) is 5.16 Å². The summed E-state index contributed by atoms with van der Waals surface area (Å²) in [4.78, 5) is 4.12. The SMILES string of the molecule is CC(O)C(N)c1nc(-c2ccsc2)no1. The molecule has 80 valence electrons. The molecule has 0 fully saturated rings. The number of nitrogens with zero attached hydrogens (tertiary/aromatic N) is 2. The third-order valence-corrected chi connectivity index (χ3v) is 2.71. The van der Waals surface area contributed by atoms with E-state index in [4.69, 9.17) is 10.3 Å². The molecule has 0 aliphatic carbocycles. The van der Waals surface area contributed by atoms with Crippen LogP contribution in [0.4, 0.5) is 0 Å². The second-order valence-electron chi connectivity index (χ2n) is 3.23. The smallest absolute Gasteiger partial charge is 0.246 e. The summed E-state index contributed by atoms with van der Waals surface area (Å²) in [6.07, 6.45) is -0.708. The van der Waals surface area contributed by atoms with Gasteiger partial charge in [-0.05, 0) is 18.4 Å². The predicted molar refractivity (Wildman–Crippen MR) is 56.2 cm³/mol. The Morgan fingerprint density at radius 2 is 2.40 bits per heavy atom. The van der Waals surface area contributed by atoms with Crippen LogP contribution in [0.2, 0.25) is 0 Å². The van der Waals surface area contributed by atoms with Gasteiger partial charge < -0.3 is 15.4 Å². The topological polar surface area (TPSA) is 85.2 Å². The number of rotatable bonds is 3. The van der Waals surface area contributed by atoms with E-state index in [1.54, 1.807) is 18.3 Å². The largest absolute Gasteiger partial charge is 0.391 e. The molecule has 15 heavy (non-hydrogen) atoms. The fraction of sp³-hybridized carbons (Fsp3) is 0.333. The summed E-state index contributed by atoms with van der Waals surface area (Å²) in [7, 11) is 0. The molecule has 2 atom stereocenters. The molecule has 2 heterocycles. The van der Waals surface area contributed by atoms with Crippen LogP contribution in [0.15, 0.2) is 21.3 Å². The number of hydrogen-bond acceptors (Lipinski definition) is 6. The molecule has 2 unspecified atom stereocenters. The maximum Gasteiger partial charge on any atom is 0.246 e. The normalized spacial score (nSPS) is 15.1. The summed E-state index contributed by atoms with van der Waals surface area (Å²) < 4.78 is 4.97. The van der Waals surface area contributed by atoms with Crippen molar-refractivity contribution in [1.82, 2.24) is 10.1 Å². The molecule has 0 saturated carbocycles. The van der Waals surface area contributed by atoms with Gasteiger partial charge in [0.05, 0.1) is 6.10 Å². The zero-order chi connectivity index (χ0) is 10.8. The minimum atomic E-state index is -0.708. The third kappa shape index (κ3) is 2.06. The number of thiophene rings is 1. The average Bonchev–Trinajstić information content (AvgIpc) is 2.86. The molecule has 2 rings (SSSR count). The van der Waals surface area contributed by atoms with Gasteiger partial charge in [0.2, 0.25) is 11.7 Å². The van der Waals surface area contributed by atoms with Gasteiger partial charge in [-0.25, -0.2) is 0 Å². The maximum absolute atomic E-state index is 9.26. The highest BCUT2D eigenvalue weighted by atomic mass is 32.1. The monoisotopic (exact) mass is 225 g/mol. The fourth-order valence-corrected chi connectivity index (χ4v) is 1.72. The van der Waals surface area contributed by atoms with Crippen LogP contribution in [0.25, 0.3) is 11.4 Å². The van der Waals surface area contributed by atoms with Crippen molar-refractivity contribution in [3.63, 3.8) is 0 Å². The Hall–Kier alpha value is -1.24. The quantitative estimate of drug-likeness (QED) is 0.819. The summed E-state index contributed by atoms with van der Waals surface area (Å²) in [6.45, 7) is 1.58. The lowest BCUT2D eigenvalue weighted by molar-refractivity contribution is 0.146. The molecule has 0 bridgehead atoms. The van der Waals surface area contributed by atoms with E-state index < -0.39 is 12.1 Å². The highest BCUT2D eigenvalue weighted by Crippen LogP contribution is 2.21. The van der Waals surface area contributed by atoms with Gasteiger partial charge in [0.25, 0.3) is 0 Å². The van der Waals surface area contributed by atoms with Crippen molar-refractivity contribution < 1.29 is 9.63 Å². The van der Waals surface area contributed by atoms with Crippen molar-refractivity contribution in [3.8, 4) is 11.4 Å². The van der Waals surface area contributed by atoms with Crippen molar-refractivity contribution in [1.29, 1.82) is 0 Å². The second kappa shape index (κ2) is 4.09. The van der Waals surface area contributed by atoms with E-state index >= 15 is 0 Å². The molecule has 0 spiro atoms. The standard InChI is InChI=1S/C9H11N3O2S/c1-5(13)7(10)9-11-8(12-14-9)6-2-3-15-4-6/h2-5,7,13H,10H2,1H3. The lowest BCUT2D eigenvalue weighted by Gasteiger charge is -2.08. The Balaban J connectivity index is 2.25. The molecular formula is C9H11N3O2S. The van der Waals surface area contributed by atoms with Gasteiger partial charge >= 0.3 is 0 Å². The van der Waals surface area contributed by atoms with Crippen LogP contribution < -0.4 is 5.73 Å². The fourth-order valence-electron chi connectivity index (χ4n) is 1.09. The number of hydrogen-bond donors (Lipinski definition) is 2. The summed E-state index contributed by atoms with van der Waals surface area (Å²) in [6, 6.07) is 1.26. The van der Waals surface area contributed by atoms with Gasteiger partial charge in [-0.15, -0.1) is 0 Å². The molecule has 0 aromatic carbocycles. The highest BCUT2D eigenvalue weighted by Gasteiger charge is 2.19. The van der Waals surface area contributed by atoms with E-state index in [2.05, 4.69) is 10.1 Å². The highest BCUT2D eigenvalue weighted by molar-refractivity contribution is 7.08. The molecular weight excluding hydrogens is 214 g/mol. The molecule has 0 aliphatic rings. The van der Waals surface area contributed by atoms with Crippen LogP contribution in [-0.2, 0) is 0 Å². The van der Waals surface area contributed by atoms with E-state index in [-0.39, 0.29) is 5.89 Å². The van der Waals surface area contributed by atoms with Gasteiger partial charge in [0.15, 0.2) is 0 Å². The zero-order valence-electron chi connectivity index (χ0n) is 8.12. The number of aromatic nitrogens is 2. The van der Waals surface area contributed by atoms with E-state index in [1.165, 1.54) is 0 Å². The molecule has 5 nitrogen and oxygen atoms in total. The van der Waals surface area contributed by atoms with E-state index in [9.17, 15) is 5.11 Å². The minimum absolute atomic E-state index is 0.256.